The van der Waals surface area contributed by atoms with Crippen LogP contribution in [0, 0.1) is 0 Å². The highest BCUT2D eigenvalue weighted by atomic mass is 35.5. The van der Waals surface area contributed by atoms with Crippen LogP contribution >= 0.6 is 11.6 Å². The molecule has 20 heavy (non-hydrogen) atoms. The zero-order chi connectivity index (χ0) is 14.4. The first-order valence-corrected chi connectivity index (χ1v) is 7.15. The number of hydrogen-bond acceptors (Lipinski definition) is 2. The molecule has 1 atom stereocenters. The van der Waals surface area contributed by atoms with E-state index < -0.39 is 0 Å². The Morgan fingerprint density at radius 1 is 1.10 bits per heavy atom. The molecule has 2 rings (SSSR count). The van der Waals surface area contributed by atoms with Gasteiger partial charge in [0.2, 0.25) is 0 Å². The van der Waals surface area contributed by atoms with Crippen molar-refractivity contribution in [3.05, 3.63) is 64.7 Å². The number of rotatable bonds is 6. The average Bonchev–Trinajstić information content (AvgIpc) is 2.44. The SMILES string of the molecule is CC(O)CCc1ccc(OCc2cccc(Cl)c2)cc1. The highest BCUT2D eigenvalue weighted by Gasteiger charge is 2.00. The standard InChI is InChI=1S/C17H19ClO2/c1-13(19)5-6-14-7-9-17(10-8-14)20-12-15-3-2-4-16(18)11-15/h2-4,7-11,13,19H,5-6,12H2,1H3. The predicted molar refractivity (Wildman–Crippen MR) is 82.2 cm³/mol. The number of ether oxygens (including phenoxy) is 1. The number of halogens is 1. The molecule has 0 radical (unpaired) electrons. The molecular weight excluding hydrogens is 272 g/mol. The van der Waals surface area contributed by atoms with Gasteiger partial charge in [0.15, 0.2) is 0 Å². The molecular formula is C17H19ClO2. The van der Waals surface area contributed by atoms with E-state index in [1.165, 1.54) is 5.56 Å². The van der Waals surface area contributed by atoms with Crippen molar-refractivity contribution in [3.63, 3.8) is 0 Å². The highest BCUT2D eigenvalue weighted by molar-refractivity contribution is 6.30. The summed E-state index contributed by atoms with van der Waals surface area (Å²) in [7, 11) is 0. The fourth-order valence-electron chi connectivity index (χ4n) is 1.92. The molecule has 0 aliphatic carbocycles. The molecule has 0 saturated heterocycles. The summed E-state index contributed by atoms with van der Waals surface area (Å²) in [6.45, 7) is 2.32. The van der Waals surface area contributed by atoms with Crippen LogP contribution in [0.2, 0.25) is 5.02 Å². The Morgan fingerprint density at radius 3 is 2.50 bits per heavy atom. The molecule has 0 spiro atoms. The molecule has 0 bridgehead atoms. The van der Waals surface area contributed by atoms with Crippen molar-refractivity contribution in [1.82, 2.24) is 0 Å². The summed E-state index contributed by atoms with van der Waals surface area (Å²) in [6.07, 6.45) is 1.41. The van der Waals surface area contributed by atoms with Gasteiger partial charge in [-0.05, 0) is 55.2 Å². The largest absolute Gasteiger partial charge is 0.489 e. The first-order valence-electron chi connectivity index (χ1n) is 6.78. The van der Waals surface area contributed by atoms with Crippen LogP contribution in [0.5, 0.6) is 5.75 Å². The number of aliphatic hydroxyl groups is 1. The van der Waals surface area contributed by atoms with Gasteiger partial charge in [0.25, 0.3) is 0 Å². The zero-order valence-corrected chi connectivity index (χ0v) is 12.3. The number of benzene rings is 2. The summed E-state index contributed by atoms with van der Waals surface area (Å²) in [6, 6.07) is 15.7. The van der Waals surface area contributed by atoms with Gasteiger partial charge in [0, 0.05) is 5.02 Å². The maximum absolute atomic E-state index is 9.27. The van der Waals surface area contributed by atoms with Gasteiger partial charge >= 0.3 is 0 Å². The Bertz CT molecular complexity index is 535. The van der Waals surface area contributed by atoms with Crippen LogP contribution in [-0.2, 0) is 13.0 Å². The van der Waals surface area contributed by atoms with E-state index in [4.69, 9.17) is 16.3 Å². The van der Waals surface area contributed by atoms with Gasteiger partial charge in [0.1, 0.15) is 12.4 Å². The molecule has 106 valence electrons. The van der Waals surface area contributed by atoms with Crippen molar-refractivity contribution in [2.24, 2.45) is 0 Å². The van der Waals surface area contributed by atoms with Crippen LogP contribution < -0.4 is 4.74 Å². The minimum Gasteiger partial charge on any atom is -0.489 e. The second-order valence-electron chi connectivity index (χ2n) is 4.95. The van der Waals surface area contributed by atoms with Gasteiger partial charge in [-0.1, -0.05) is 35.9 Å². The molecule has 0 aliphatic heterocycles. The van der Waals surface area contributed by atoms with Crippen molar-refractivity contribution < 1.29 is 9.84 Å². The van der Waals surface area contributed by atoms with Gasteiger partial charge in [-0.2, -0.15) is 0 Å². The van der Waals surface area contributed by atoms with Crippen molar-refractivity contribution >= 4 is 11.6 Å². The van der Waals surface area contributed by atoms with Gasteiger partial charge in [-0.3, -0.25) is 0 Å². The minimum atomic E-state index is -0.256. The summed E-state index contributed by atoms with van der Waals surface area (Å²) in [5.41, 5.74) is 2.26. The Labute approximate surface area is 125 Å². The van der Waals surface area contributed by atoms with E-state index in [1.807, 2.05) is 55.5 Å². The molecule has 0 fully saturated rings. The Balaban J connectivity index is 1.87. The normalized spacial score (nSPS) is 12.2. The first-order chi connectivity index (χ1) is 9.63. The first kappa shape index (κ1) is 14.9. The van der Waals surface area contributed by atoms with Crippen LogP contribution in [-0.4, -0.2) is 11.2 Å². The van der Waals surface area contributed by atoms with E-state index in [0.717, 1.165) is 29.2 Å². The lowest BCUT2D eigenvalue weighted by molar-refractivity contribution is 0.185. The number of hydrogen-bond donors (Lipinski definition) is 1. The lowest BCUT2D eigenvalue weighted by atomic mass is 10.1. The third-order valence-corrected chi connectivity index (χ3v) is 3.30. The van der Waals surface area contributed by atoms with E-state index in [-0.39, 0.29) is 6.10 Å². The molecule has 0 aliphatic rings. The Hall–Kier alpha value is -1.51. The van der Waals surface area contributed by atoms with E-state index in [9.17, 15) is 5.11 Å². The topological polar surface area (TPSA) is 29.5 Å². The van der Waals surface area contributed by atoms with E-state index in [2.05, 4.69) is 0 Å². The maximum atomic E-state index is 9.27. The number of aliphatic hydroxyl groups excluding tert-OH is 1. The van der Waals surface area contributed by atoms with Gasteiger partial charge < -0.3 is 9.84 Å². The van der Waals surface area contributed by atoms with Gasteiger partial charge in [-0.15, -0.1) is 0 Å². The fraction of sp³-hybridized carbons (Fsp3) is 0.294. The average molecular weight is 291 g/mol. The van der Waals surface area contributed by atoms with Gasteiger partial charge in [0.05, 0.1) is 6.10 Å². The van der Waals surface area contributed by atoms with E-state index in [1.54, 1.807) is 0 Å². The quantitative estimate of drug-likeness (QED) is 0.862. The minimum absolute atomic E-state index is 0.256. The van der Waals surface area contributed by atoms with Crippen LogP contribution in [0.1, 0.15) is 24.5 Å². The highest BCUT2D eigenvalue weighted by Crippen LogP contribution is 2.17. The molecule has 1 N–H and O–H groups in total. The van der Waals surface area contributed by atoms with Crippen LogP contribution in [0.4, 0.5) is 0 Å². The summed E-state index contributed by atoms with van der Waals surface area (Å²) in [5, 5.41) is 9.99. The summed E-state index contributed by atoms with van der Waals surface area (Å²) < 4.78 is 5.72. The maximum Gasteiger partial charge on any atom is 0.119 e. The summed E-state index contributed by atoms with van der Waals surface area (Å²) in [4.78, 5) is 0. The molecule has 2 aromatic carbocycles. The zero-order valence-electron chi connectivity index (χ0n) is 11.6. The third-order valence-electron chi connectivity index (χ3n) is 3.07. The molecule has 2 aromatic rings. The molecule has 1 unspecified atom stereocenters. The summed E-state index contributed by atoms with van der Waals surface area (Å²) >= 11 is 5.93. The van der Waals surface area contributed by atoms with Crippen LogP contribution in [0.25, 0.3) is 0 Å². The smallest absolute Gasteiger partial charge is 0.119 e. The van der Waals surface area contributed by atoms with Crippen molar-refractivity contribution in [2.75, 3.05) is 0 Å². The van der Waals surface area contributed by atoms with Crippen LogP contribution in [0.15, 0.2) is 48.5 Å². The lowest BCUT2D eigenvalue weighted by Crippen LogP contribution is -2.01. The van der Waals surface area contributed by atoms with E-state index in [0.29, 0.717) is 6.61 Å². The third kappa shape index (κ3) is 4.87. The van der Waals surface area contributed by atoms with Crippen molar-refractivity contribution in [1.29, 1.82) is 0 Å². The second kappa shape index (κ2) is 7.32. The second-order valence-corrected chi connectivity index (χ2v) is 5.39. The number of aryl methyl sites for hydroxylation is 1. The molecule has 0 aromatic heterocycles. The molecule has 0 saturated carbocycles. The molecule has 0 heterocycles. The molecule has 2 nitrogen and oxygen atoms in total. The fourth-order valence-corrected chi connectivity index (χ4v) is 2.13. The van der Waals surface area contributed by atoms with E-state index >= 15 is 0 Å². The molecule has 3 heteroatoms. The molecule has 0 amide bonds. The van der Waals surface area contributed by atoms with Crippen LogP contribution in [0.3, 0.4) is 0 Å². The lowest BCUT2D eigenvalue weighted by Gasteiger charge is -2.08. The van der Waals surface area contributed by atoms with Crippen molar-refractivity contribution in [3.8, 4) is 5.75 Å². The monoisotopic (exact) mass is 290 g/mol. The van der Waals surface area contributed by atoms with Gasteiger partial charge in [-0.25, -0.2) is 0 Å². The van der Waals surface area contributed by atoms with Crippen molar-refractivity contribution in [2.45, 2.75) is 32.5 Å². The predicted octanol–water partition coefficient (Wildman–Crippen LogP) is 4.23. The Morgan fingerprint density at radius 2 is 1.85 bits per heavy atom. The summed E-state index contributed by atoms with van der Waals surface area (Å²) in [5.74, 6) is 0.839. The Kier molecular flexibility index (Phi) is 5.45.